The number of rotatable bonds is 10. The lowest BCUT2D eigenvalue weighted by Crippen LogP contribution is -2.09. The van der Waals surface area contributed by atoms with E-state index < -0.39 is 0 Å². The number of nitrogens with zero attached hydrogens (tertiary/aromatic N) is 4. The fourth-order valence-electron chi connectivity index (χ4n) is 11.3. The van der Waals surface area contributed by atoms with Crippen molar-refractivity contribution in [2.24, 2.45) is 0 Å². The molecule has 0 fully saturated rings. The molecule has 0 spiro atoms. The summed E-state index contributed by atoms with van der Waals surface area (Å²) in [7, 11) is 0. The zero-order valence-corrected chi connectivity index (χ0v) is 40.5. The van der Waals surface area contributed by atoms with Gasteiger partial charge in [-0.15, -0.1) is 0 Å². The molecule has 14 rings (SSSR count). The van der Waals surface area contributed by atoms with Gasteiger partial charge < -0.3 is 18.9 Å². The summed E-state index contributed by atoms with van der Waals surface area (Å²) in [4.78, 5) is 4.64. The minimum atomic E-state index is 1.09. The Balaban J connectivity index is 0.983. The molecule has 74 heavy (non-hydrogen) atoms. The van der Waals surface area contributed by atoms with Crippen molar-refractivity contribution in [2.75, 3.05) is 9.80 Å². The van der Waals surface area contributed by atoms with Gasteiger partial charge in [-0.3, -0.25) is 0 Å². The van der Waals surface area contributed by atoms with Crippen molar-refractivity contribution >= 4 is 88.5 Å². The van der Waals surface area contributed by atoms with Crippen LogP contribution in [0.3, 0.4) is 0 Å². The molecule has 4 heteroatoms. The van der Waals surface area contributed by atoms with Gasteiger partial charge in [0.1, 0.15) is 0 Å². The molecule has 0 aliphatic rings. The highest BCUT2D eigenvalue weighted by Crippen LogP contribution is 2.45. The smallest absolute Gasteiger partial charge is 0.0547 e. The number of anilines is 6. The summed E-state index contributed by atoms with van der Waals surface area (Å²) >= 11 is 0. The lowest BCUT2D eigenvalue weighted by molar-refractivity contribution is 1.17. The molecule has 0 radical (unpaired) electrons. The van der Waals surface area contributed by atoms with Crippen LogP contribution in [0.15, 0.2) is 291 Å². The van der Waals surface area contributed by atoms with Crippen LogP contribution in [0.1, 0.15) is 0 Å². The topological polar surface area (TPSA) is 16.3 Å². The maximum Gasteiger partial charge on any atom is 0.0547 e. The molecule has 0 aliphatic carbocycles. The SMILES string of the molecule is c1ccc(-c2ccc3c(c2)c2c4ccc5c(c4ccc2n3-c2ccc(N(c3ccccc3)c3ccccc3)cc2)c2cc(-c3ccccc3)ccc2n5-c2ccc(N(c3ccccc3)c3ccccc3)cc2)cc1. The maximum atomic E-state index is 2.45. The van der Waals surface area contributed by atoms with Gasteiger partial charge in [0.2, 0.25) is 0 Å². The summed E-state index contributed by atoms with van der Waals surface area (Å²) in [5.41, 5.74) is 18.3. The van der Waals surface area contributed by atoms with Gasteiger partial charge in [-0.1, -0.05) is 158 Å². The zero-order valence-electron chi connectivity index (χ0n) is 40.5. The van der Waals surface area contributed by atoms with Gasteiger partial charge in [-0.2, -0.15) is 0 Å². The molecule has 0 unspecified atom stereocenters. The van der Waals surface area contributed by atoms with Crippen molar-refractivity contribution in [2.45, 2.75) is 0 Å². The lowest BCUT2D eigenvalue weighted by atomic mass is 9.97. The third kappa shape index (κ3) is 7.31. The molecule has 0 amide bonds. The molecule has 2 heterocycles. The molecule has 14 aromatic rings. The Labute approximate surface area is 430 Å². The van der Waals surface area contributed by atoms with Crippen LogP contribution in [0.2, 0.25) is 0 Å². The van der Waals surface area contributed by atoms with E-state index in [0.29, 0.717) is 0 Å². The number of para-hydroxylation sites is 4. The molecule has 4 nitrogen and oxygen atoms in total. The number of benzene rings is 12. The molecular formula is C70H48N4. The van der Waals surface area contributed by atoms with Gasteiger partial charge in [-0.25, -0.2) is 0 Å². The van der Waals surface area contributed by atoms with Crippen LogP contribution in [0.25, 0.3) is 88.0 Å². The second kappa shape index (κ2) is 18.1. The largest absolute Gasteiger partial charge is 0.311 e. The Hall–Kier alpha value is -9.90. The molecule has 0 N–H and O–H groups in total. The minimum absolute atomic E-state index is 1.09. The predicted molar refractivity (Wildman–Crippen MR) is 313 cm³/mol. The Morgan fingerprint density at radius 1 is 0.203 bits per heavy atom. The summed E-state index contributed by atoms with van der Waals surface area (Å²) < 4.78 is 4.91. The predicted octanol–water partition coefficient (Wildman–Crippen LogP) is 19.3. The minimum Gasteiger partial charge on any atom is -0.311 e. The Morgan fingerprint density at radius 3 is 0.811 bits per heavy atom. The number of hydrogen-bond donors (Lipinski definition) is 0. The van der Waals surface area contributed by atoms with Gasteiger partial charge in [0, 0.05) is 67.0 Å². The van der Waals surface area contributed by atoms with E-state index in [-0.39, 0.29) is 0 Å². The summed E-state index contributed by atoms with van der Waals surface area (Å²) in [6.45, 7) is 0. The van der Waals surface area contributed by atoms with Crippen LogP contribution in [0, 0.1) is 0 Å². The van der Waals surface area contributed by atoms with Crippen molar-refractivity contribution < 1.29 is 0 Å². The Kier molecular flexibility index (Phi) is 10.5. The first-order valence-corrected chi connectivity index (χ1v) is 25.3. The first-order chi connectivity index (χ1) is 36.7. The van der Waals surface area contributed by atoms with Crippen LogP contribution >= 0.6 is 0 Å². The van der Waals surface area contributed by atoms with E-state index in [1.165, 1.54) is 65.6 Å². The maximum absolute atomic E-state index is 2.45. The second-order valence-corrected chi connectivity index (χ2v) is 18.9. The molecule has 0 saturated carbocycles. The van der Waals surface area contributed by atoms with Gasteiger partial charge in [0.05, 0.1) is 22.1 Å². The van der Waals surface area contributed by atoms with E-state index in [2.05, 4.69) is 310 Å². The van der Waals surface area contributed by atoms with E-state index in [4.69, 9.17) is 0 Å². The van der Waals surface area contributed by atoms with Gasteiger partial charge in [0.15, 0.2) is 0 Å². The van der Waals surface area contributed by atoms with E-state index in [1.54, 1.807) is 0 Å². The third-order valence-electron chi connectivity index (χ3n) is 14.7. The van der Waals surface area contributed by atoms with Gasteiger partial charge in [-0.05, 0) is 166 Å². The molecule has 0 aliphatic heterocycles. The molecule has 0 atom stereocenters. The second-order valence-electron chi connectivity index (χ2n) is 18.9. The quantitative estimate of drug-likeness (QED) is 0.136. The third-order valence-corrected chi connectivity index (χ3v) is 14.7. The fourth-order valence-corrected chi connectivity index (χ4v) is 11.3. The van der Waals surface area contributed by atoms with Crippen molar-refractivity contribution in [1.29, 1.82) is 0 Å². The van der Waals surface area contributed by atoms with Crippen LogP contribution < -0.4 is 9.80 Å². The summed E-state index contributed by atoms with van der Waals surface area (Å²) in [6.07, 6.45) is 0. The van der Waals surface area contributed by atoms with Crippen molar-refractivity contribution in [3.63, 3.8) is 0 Å². The first-order valence-electron chi connectivity index (χ1n) is 25.3. The summed E-state index contributed by atoms with van der Waals surface area (Å²) in [5.74, 6) is 0. The molecule has 348 valence electrons. The van der Waals surface area contributed by atoms with Crippen LogP contribution in [-0.2, 0) is 0 Å². The standard InChI is InChI=1S/C70H48N4/c1-7-19-49(20-8-1)51-31-43-65-63(47-51)69-61-41-46-68-70(62(61)42-45-67(69)73(65)59-37-33-57(34-38-59)71(53-23-11-3-12-24-53)54-25-13-4-14-26-54)64-48-52(50-21-9-2-10-22-50)32-44-66(64)74(68)60-39-35-58(36-40-60)72(55-27-15-5-16-28-55)56-29-17-6-18-30-56/h1-48H. The number of hydrogen-bond acceptors (Lipinski definition) is 2. The Morgan fingerprint density at radius 2 is 0.486 bits per heavy atom. The lowest BCUT2D eigenvalue weighted by Gasteiger charge is -2.25. The van der Waals surface area contributed by atoms with Gasteiger partial charge >= 0.3 is 0 Å². The van der Waals surface area contributed by atoms with E-state index in [1.807, 2.05) is 0 Å². The summed E-state index contributed by atoms with van der Waals surface area (Å²) in [6, 6.07) is 105. The molecule has 0 bridgehead atoms. The fraction of sp³-hybridized carbons (Fsp3) is 0. The Bertz CT molecular complexity index is 3940. The first kappa shape index (κ1) is 42.9. The molecule has 2 aromatic heterocycles. The molecule has 0 saturated heterocycles. The number of fused-ring (bicyclic) bond motifs is 9. The van der Waals surface area contributed by atoms with Gasteiger partial charge in [0.25, 0.3) is 0 Å². The monoisotopic (exact) mass is 944 g/mol. The van der Waals surface area contributed by atoms with Crippen molar-refractivity contribution in [3.05, 3.63) is 291 Å². The average Bonchev–Trinajstić information content (AvgIpc) is 4.00. The van der Waals surface area contributed by atoms with E-state index in [9.17, 15) is 0 Å². The highest BCUT2D eigenvalue weighted by Gasteiger charge is 2.22. The van der Waals surface area contributed by atoms with Crippen LogP contribution in [-0.4, -0.2) is 9.13 Å². The highest BCUT2D eigenvalue weighted by atomic mass is 15.1. The molecular weight excluding hydrogens is 897 g/mol. The molecule has 12 aromatic carbocycles. The zero-order chi connectivity index (χ0) is 49.0. The summed E-state index contributed by atoms with van der Waals surface area (Å²) in [5, 5.41) is 7.36. The number of aromatic nitrogens is 2. The van der Waals surface area contributed by atoms with Crippen LogP contribution in [0.5, 0.6) is 0 Å². The van der Waals surface area contributed by atoms with E-state index >= 15 is 0 Å². The van der Waals surface area contributed by atoms with Crippen LogP contribution in [0.4, 0.5) is 34.1 Å². The highest BCUT2D eigenvalue weighted by molar-refractivity contribution is 6.30. The van der Waals surface area contributed by atoms with E-state index in [0.717, 1.165) is 56.5 Å². The van der Waals surface area contributed by atoms with Crippen molar-refractivity contribution in [3.8, 4) is 33.6 Å². The normalized spacial score (nSPS) is 11.5. The van der Waals surface area contributed by atoms with Crippen molar-refractivity contribution in [1.82, 2.24) is 9.13 Å². The average molecular weight is 945 g/mol.